The highest BCUT2D eigenvalue weighted by molar-refractivity contribution is 5.80. The Hall–Kier alpha value is -3.79. The molecule has 0 aliphatic heterocycles. The van der Waals surface area contributed by atoms with Gasteiger partial charge in [0, 0.05) is 26.0 Å². The number of ether oxygens (including phenoxy) is 2. The van der Waals surface area contributed by atoms with Gasteiger partial charge in [-0.25, -0.2) is 9.37 Å². The molecule has 224 valence electrons. The average molecular weight is 578 g/mol. The number of hydrogen-bond acceptors (Lipinski definition) is 6. The first kappa shape index (κ1) is 33.4. The highest BCUT2D eigenvalue weighted by atomic mass is 19.4. The number of aryl methyl sites for hydroxylation is 1. The van der Waals surface area contributed by atoms with E-state index >= 15 is 0 Å². The average Bonchev–Trinajstić information content (AvgIpc) is 2.91. The number of allylic oxidation sites excluding steroid dienone is 3. The molecule has 3 aromatic rings. The summed E-state index contributed by atoms with van der Waals surface area (Å²) in [5, 5.41) is 3.06. The maximum absolute atomic E-state index is 14.3. The zero-order valence-electron chi connectivity index (χ0n) is 24.3. The molecule has 1 N–H and O–H groups in total. The minimum atomic E-state index is -4.32. The van der Waals surface area contributed by atoms with Crippen LogP contribution in [0.15, 0.2) is 61.0 Å². The quantitative estimate of drug-likeness (QED) is 0.112. The number of Topliss-reactive ketones (excluding diaryl/α,β-unsaturated/α-hetero) is 1. The first-order valence-electron chi connectivity index (χ1n) is 13.1. The van der Waals surface area contributed by atoms with Crippen molar-refractivity contribution in [2.24, 2.45) is 5.41 Å². The summed E-state index contributed by atoms with van der Waals surface area (Å²) < 4.78 is 62.2. The second-order valence-electron chi connectivity index (χ2n) is 9.79. The Labute approximate surface area is 240 Å². The number of carbonyl (C=O) groups is 1. The van der Waals surface area contributed by atoms with Gasteiger partial charge in [-0.15, -0.1) is 0 Å². The predicted octanol–water partition coefficient (Wildman–Crippen LogP) is 7.27. The zero-order valence-corrected chi connectivity index (χ0v) is 24.3. The summed E-state index contributed by atoms with van der Waals surface area (Å²) in [5.41, 5.74) is 2.15. The molecule has 0 saturated heterocycles. The Balaban J connectivity index is 0.000000537. The number of nitrogens with zero attached hydrogens (tertiary/aromatic N) is 2. The van der Waals surface area contributed by atoms with Crippen LogP contribution >= 0.6 is 0 Å². The van der Waals surface area contributed by atoms with Crippen LogP contribution in [0.2, 0.25) is 0 Å². The van der Waals surface area contributed by atoms with Crippen LogP contribution in [0.4, 0.5) is 17.6 Å². The molecule has 1 heterocycles. The normalized spacial score (nSPS) is 12.0. The largest absolute Gasteiger partial charge is 0.500 e. The van der Waals surface area contributed by atoms with Crippen molar-refractivity contribution in [3.8, 4) is 17.0 Å². The molecule has 0 atom stereocenters. The Bertz CT molecular complexity index is 1390. The molecule has 0 saturated carbocycles. The highest BCUT2D eigenvalue weighted by Crippen LogP contribution is 2.43. The van der Waals surface area contributed by atoms with Crippen molar-refractivity contribution in [2.75, 3.05) is 27.3 Å². The van der Waals surface area contributed by atoms with E-state index in [2.05, 4.69) is 33.5 Å². The summed E-state index contributed by atoms with van der Waals surface area (Å²) >= 11 is 0. The maximum Gasteiger partial charge on any atom is 0.400 e. The first-order chi connectivity index (χ1) is 19.3. The number of hydrogen-bond donors (Lipinski definition) is 1. The van der Waals surface area contributed by atoms with Crippen LogP contribution in [-0.4, -0.2) is 49.2 Å². The van der Waals surface area contributed by atoms with Gasteiger partial charge >= 0.3 is 6.18 Å². The number of nitrogens with one attached hydrogen (secondary N) is 1. The number of aromatic nitrogens is 2. The molecule has 1 aromatic heterocycles. The van der Waals surface area contributed by atoms with Crippen LogP contribution in [0.25, 0.3) is 22.3 Å². The standard InChI is InChI=1S/C22H24FN3O2.C9H13F3O.H2/c1-4-15-11-19-20(12-22(15)28-8-7-24-3)26-21(13-25-19)17-6-5-16(9-14(2)27)18(23)10-17;1-5-6-7(13-4)8(2,3)9(10,11)12;/h5-6,10-13,24H,4,7-9H2,1-3H3;5-6H,1H2,2-4H3;1H/b;7-6-;. The minimum absolute atomic E-state index is 0. The van der Waals surface area contributed by atoms with E-state index in [4.69, 9.17) is 4.74 Å². The number of rotatable bonds is 11. The SMILES string of the molecule is C=C/C=C(\OC)C(C)(C)C(F)(F)F.CCc1cc2ncc(-c3ccc(CC(C)=O)c(F)c3)nc2cc1OCCNC.[HH]. The maximum atomic E-state index is 14.3. The number of alkyl halides is 3. The van der Waals surface area contributed by atoms with E-state index in [0.717, 1.165) is 43.6 Å². The van der Waals surface area contributed by atoms with E-state index in [-0.39, 0.29) is 19.4 Å². The lowest BCUT2D eigenvalue weighted by atomic mass is 9.89. The van der Waals surface area contributed by atoms with Gasteiger partial charge < -0.3 is 14.8 Å². The van der Waals surface area contributed by atoms with E-state index < -0.39 is 17.4 Å². The summed E-state index contributed by atoms with van der Waals surface area (Å²) in [6, 6.07) is 8.67. The lowest BCUT2D eigenvalue weighted by Crippen LogP contribution is -2.34. The minimum Gasteiger partial charge on any atom is -0.500 e. The summed E-state index contributed by atoms with van der Waals surface area (Å²) in [6.45, 7) is 10.3. The lowest BCUT2D eigenvalue weighted by molar-refractivity contribution is -0.207. The summed E-state index contributed by atoms with van der Waals surface area (Å²) in [4.78, 5) is 20.4. The summed E-state index contributed by atoms with van der Waals surface area (Å²) in [7, 11) is 3.09. The molecule has 41 heavy (non-hydrogen) atoms. The Morgan fingerprint density at radius 2 is 1.85 bits per heavy atom. The van der Waals surface area contributed by atoms with Crippen molar-refractivity contribution in [2.45, 2.75) is 46.7 Å². The van der Waals surface area contributed by atoms with Gasteiger partial charge in [0.25, 0.3) is 0 Å². The van der Waals surface area contributed by atoms with Gasteiger partial charge in [-0.2, -0.15) is 13.2 Å². The number of halogens is 4. The Kier molecular flexibility index (Phi) is 12.0. The molecule has 0 spiro atoms. The van der Waals surface area contributed by atoms with Gasteiger partial charge in [0.1, 0.15) is 35.1 Å². The molecule has 6 nitrogen and oxygen atoms in total. The van der Waals surface area contributed by atoms with Crippen LogP contribution in [0.1, 0.15) is 40.2 Å². The van der Waals surface area contributed by atoms with Crippen LogP contribution in [0.3, 0.4) is 0 Å². The van der Waals surface area contributed by atoms with Crippen molar-refractivity contribution in [1.82, 2.24) is 15.3 Å². The molecule has 0 amide bonds. The highest BCUT2D eigenvalue weighted by Gasteiger charge is 2.50. The monoisotopic (exact) mass is 577 g/mol. The van der Waals surface area contributed by atoms with Gasteiger partial charge in [-0.05, 0) is 63.6 Å². The molecule has 0 aliphatic carbocycles. The zero-order chi connectivity index (χ0) is 30.8. The van der Waals surface area contributed by atoms with E-state index in [9.17, 15) is 22.4 Å². The molecular formula is C31H39F4N3O3. The summed E-state index contributed by atoms with van der Waals surface area (Å²) in [5.74, 6) is 0.163. The Morgan fingerprint density at radius 3 is 2.39 bits per heavy atom. The molecule has 0 aliphatic rings. The fourth-order valence-electron chi connectivity index (χ4n) is 3.79. The second kappa shape index (κ2) is 14.7. The van der Waals surface area contributed by atoms with Gasteiger partial charge in [0.05, 0.1) is 30.0 Å². The van der Waals surface area contributed by atoms with E-state index in [0.29, 0.717) is 28.9 Å². The summed E-state index contributed by atoms with van der Waals surface area (Å²) in [6.07, 6.45) is 0.722. The number of ketones is 1. The number of likely N-dealkylation sites (N-methyl/N-ethyl adjacent to an activating group) is 1. The second-order valence-corrected chi connectivity index (χ2v) is 9.79. The van der Waals surface area contributed by atoms with Crippen LogP contribution in [-0.2, 0) is 22.4 Å². The van der Waals surface area contributed by atoms with Gasteiger partial charge in [-0.3, -0.25) is 9.78 Å². The van der Waals surface area contributed by atoms with Crippen LogP contribution < -0.4 is 10.1 Å². The van der Waals surface area contributed by atoms with E-state index in [1.807, 2.05) is 19.2 Å². The molecule has 10 heteroatoms. The molecule has 0 radical (unpaired) electrons. The third-order valence-corrected chi connectivity index (χ3v) is 6.32. The van der Waals surface area contributed by atoms with Crippen molar-refractivity contribution in [3.05, 3.63) is 78.0 Å². The number of benzene rings is 2. The van der Waals surface area contributed by atoms with Crippen LogP contribution in [0, 0.1) is 11.2 Å². The fourth-order valence-corrected chi connectivity index (χ4v) is 3.79. The topological polar surface area (TPSA) is 73.3 Å². The molecule has 3 rings (SSSR count). The Morgan fingerprint density at radius 1 is 1.15 bits per heavy atom. The van der Waals surface area contributed by atoms with Crippen LogP contribution in [0.5, 0.6) is 5.75 Å². The smallest absolute Gasteiger partial charge is 0.400 e. The molecule has 2 aromatic carbocycles. The van der Waals surface area contributed by atoms with E-state index in [1.165, 1.54) is 32.3 Å². The van der Waals surface area contributed by atoms with Gasteiger partial charge in [0.15, 0.2) is 0 Å². The number of methoxy groups -OCH3 is 1. The van der Waals surface area contributed by atoms with Gasteiger partial charge in [-0.1, -0.05) is 31.7 Å². The molecule has 0 bridgehead atoms. The van der Waals surface area contributed by atoms with E-state index in [1.54, 1.807) is 18.3 Å². The molecule has 0 unspecified atom stereocenters. The van der Waals surface area contributed by atoms with Crippen molar-refractivity contribution in [3.63, 3.8) is 0 Å². The van der Waals surface area contributed by atoms with Gasteiger partial charge in [0.2, 0.25) is 0 Å². The van der Waals surface area contributed by atoms with Crippen molar-refractivity contribution >= 4 is 16.8 Å². The van der Waals surface area contributed by atoms with Crippen molar-refractivity contribution in [1.29, 1.82) is 0 Å². The molecule has 0 fully saturated rings. The third-order valence-electron chi connectivity index (χ3n) is 6.32. The van der Waals surface area contributed by atoms with Crippen molar-refractivity contribution < 1.29 is 33.3 Å². The third kappa shape index (κ3) is 8.85. The fraction of sp³-hybridized carbons (Fsp3) is 0.387. The number of carbonyl (C=O) groups excluding carboxylic acids is 1. The first-order valence-corrected chi connectivity index (χ1v) is 13.1. The number of fused-ring (bicyclic) bond motifs is 1. The lowest BCUT2D eigenvalue weighted by Gasteiger charge is -2.29. The predicted molar refractivity (Wildman–Crippen MR) is 155 cm³/mol. The molecular weight excluding hydrogens is 538 g/mol.